The Balaban J connectivity index is 1.93. The molecule has 3 rings (SSSR count). The second-order valence-corrected chi connectivity index (χ2v) is 5.63. The van der Waals surface area contributed by atoms with Crippen LogP contribution in [0, 0.1) is 6.92 Å². The van der Waals surface area contributed by atoms with Gasteiger partial charge < -0.3 is 4.42 Å². The number of hydrogen-bond acceptors (Lipinski definition) is 3. The van der Waals surface area contributed by atoms with Crippen molar-refractivity contribution in [3.05, 3.63) is 70.4 Å². The highest BCUT2D eigenvalue weighted by Crippen LogP contribution is 2.28. The van der Waals surface area contributed by atoms with Crippen LogP contribution in [0.1, 0.15) is 22.9 Å². The first-order valence-electron chi connectivity index (χ1n) is 6.87. The van der Waals surface area contributed by atoms with Crippen LogP contribution in [0.3, 0.4) is 0 Å². The molecule has 21 heavy (non-hydrogen) atoms. The van der Waals surface area contributed by atoms with Crippen LogP contribution in [-0.2, 0) is 6.42 Å². The number of aryl methyl sites for hydroxylation is 1. The Kier molecular flexibility index (Phi) is 3.97. The zero-order valence-electron chi connectivity index (χ0n) is 11.8. The molecular formula is C17H17ClN2O. The first-order valence-corrected chi connectivity index (χ1v) is 7.25. The van der Waals surface area contributed by atoms with E-state index < -0.39 is 0 Å². The molecule has 0 aliphatic carbocycles. The molecule has 3 aromatic rings. The van der Waals surface area contributed by atoms with Gasteiger partial charge in [0.25, 0.3) is 0 Å². The minimum Gasteiger partial charge on any atom is -0.459 e. The highest BCUT2D eigenvalue weighted by atomic mass is 35.5. The van der Waals surface area contributed by atoms with Gasteiger partial charge in [-0.05, 0) is 42.7 Å². The number of halogens is 1. The Labute approximate surface area is 128 Å². The first-order chi connectivity index (χ1) is 10.2. The standard InChI is InChI=1S/C17H17ClN2O/c1-11-4-2-6-13-10-16(21-17(11)13)15(20-19)9-12-5-3-7-14(18)8-12/h2-8,10,15,20H,9,19H2,1H3. The average Bonchev–Trinajstić information content (AvgIpc) is 2.90. The summed E-state index contributed by atoms with van der Waals surface area (Å²) in [5.41, 5.74) is 5.98. The minimum atomic E-state index is -0.0877. The second kappa shape index (κ2) is 5.90. The largest absolute Gasteiger partial charge is 0.459 e. The molecule has 1 unspecified atom stereocenters. The van der Waals surface area contributed by atoms with Gasteiger partial charge in [0, 0.05) is 10.4 Å². The van der Waals surface area contributed by atoms with Gasteiger partial charge in [0.2, 0.25) is 0 Å². The molecule has 0 saturated heterocycles. The van der Waals surface area contributed by atoms with E-state index in [1.54, 1.807) is 0 Å². The molecule has 0 aliphatic heterocycles. The molecule has 1 aromatic heterocycles. The molecule has 0 fully saturated rings. The maximum absolute atomic E-state index is 6.03. The third-order valence-corrected chi connectivity index (χ3v) is 3.87. The Hall–Kier alpha value is -1.81. The van der Waals surface area contributed by atoms with Gasteiger partial charge in [0.1, 0.15) is 11.3 Å². The molecule has 0 saturated carbocycles. The van der Waals surface area contributed by atoms with Gasteiger partial charge in [0.15, 0.2) is 0 Å². The molecule has 0 bridgehead atoms. The molecule has 108 valence electrons. The van der Waals surface area contributed by atoms with Crippen LogP contribution < -0.4 is 11.3 Å². The number of furan rings is 1. The third kappa shape index (κ3) is 2.95. The van der Waals surface area contributed by atoms with Crippen LogP contribution >= 0.6 is 11.6 Å². The van der Waals surface area contributed by atoms with Crippen molar-refractivity contribution >= 4 is 22.6 Å². The van der Waals surface area contributed by atoms with Gasteiger partial charge >= 0.3 is 0 Å². The summed E-state index contributed by atoms with van der Waals surface area (Å²) in [4.78, 5) is 0. The number of rotatable bonds is 4. The van der Waals surface area contributed by atoms with Crippen LogP contribution in [0.25, 0.3) is 11.0 Å². The van der Waals surface area contributed by atoms with Gasteiger partial charge in [-0.2, -0.15) is 0 Å². The van der Waals surface area contributed by atoms with Crippen molar-refractivity contribution in [2.75, 3.05) is 0 Å². The number of fused-ring (bicyclic) bond motifs is 1. The molecule has 0 radical (unpaired) electrons. The molecule has 0 spiro atoms. The summed E-state index contributed by atoms with van der Waals surface area (Å²) < 4.78 is 5.98. The summed E-state index contributed by atoms with van der Waals surface area (Å²) in [5.74, 6) is 6.54. The van der Waals surface area contributed by atoms with Crippen LogP contribution in [0.4, 0.5) is 0 Å². The predicted octanol–water partition coefficient (Wildman–Crippen LogP) is 4.14. The van der Waals surface area contributed by atoms with Gasteiger partial charge in [-0.1, -0.05) is 41.9 Å². The van der Waals surface area contributed by atoms with E-state index in [-0.39, 0.29) is 6.04 Å². The van der Waals surface area contributed by atoms with E-state index in [1.807, 2.05) is 55.5 Å². The van der Waals surface area contributed by atoms with Gasteiger partial charge in [0.05, 0.1) is 6.04 Å². The SMILES string of the molecule is Cc1cccc2cc(C(Cc3cccc(Cl)c3)NN)oc12. The number of nitrogens with two attached hydrogens (primary N) is 1. The normalized spacial score (nSPS) is 12.7. The van der Waals surface area contributed by atoms with Gasteiger partial charge in [-0.25, -0.2) is 5.43 Å². The summed E-state index contributed by atoms with van der Waals surface area (Å²) in [6.45, 7) is 2.04. The van der Waals surface area contributed by atoms with Crippen molar-refractivity contribution in [1.29, 1.82) is 0 Å². The Bertz CT molecular complexity index is 766. The molecule has 0 amide bonds. The lowest BCUT2D eigenvalue weighted by Crippen LogP contribution is -2.29. The maximum Gasteiger partial charge on any atom is 0.137 e. The van der Waals surface area contributed by atoms with Crippen molar-refractivity contribution in [3.63, 3.8) is 0 Å². The molecule has 2 aromatic carbocycles. The fourth-order valence-corrected chi connectivity index (χ4v) is 2.75. The maximum atomic E-state index is 6.03. The topological polar surface area (TPSA) is 51.2 Å². The van der Waals surface area contributed by atoms with Crippen LogP contribution in [0.2, 0.25) is 5.02 Å². The summed E-state index contributed by atoms with van der Waals surface area (Å²) in [6, 6.07) is 15.8. The molecule has 0 aliphatic rings. The molecule has 4 heteroatoms. The van der Waals surface area contributed by atoms with Crippen LogP contribution in [0.5, 0.6) is 0 Å². The van der Waals surface area contributed by atoms with Gasteiger partial charge in [-0.3, -0.25) is 5.84 Å². The molecule has 3 N–H and O–H groups in total. The average molecular weight is 301 g/mol. The fourth-order valence-electron chi connectivity index (χ4n) is 2.54. The minimum absolute atomic E-state index is 0.0877. The molecule has 3 nitrogen and oxygen atoms in total. The van der Waals surface area contributed by atoms with Gasteiger partial charge in [-0.15, -0.1) is 0 Å². The Morgan fingerprint density at radius 3 is 2.71 bits per heavy atom. The predicted molar refractivity (Wildman–Crippen MR) is 86.2 cm³/mol. The summed E-state index contributed by atoms with van der Waals surface area (Å²) in [7, 11) is 0. The smallest absolute Gasteiger partial charge is 0.137 e. The number of hydrazine groups is 1. The lowest BCUT2D eigenvalue weighted by Gasteiger charge is -2.13. The van der Waals surface area contributed by atoms with Crippen LogP contribution in [-0.4, -0.2) is 0 Å². The van der Waals surface area contributed by atoms with Crippen molar-refractivity contribution in [3.8, 4) is 0 Å². The number of benzene rings is 2. The van der Waals surface area contributed by atoms with Crippen molar-refractivity contribution in [2.24, 2.45) is 5.84 Å². The Morgan fingerprint density at radius 2 is 2.00 bits per heavy atom. The summed E-state index contributed by atoms with van der Waals surface area (Å²) >= 11 is 6.03. The lowest BCUT2D eigenvalue weighted by molar-refractivity contribution is 0.434. The van der Waals surface area contributed by atoms with E-state index in [0.717, 1.165) is 39.3 Å². The lowest BCUT2D eigenvalue weighted by atomic mass is 10.0. The monoisotopic (exact) mass is 300 g/mol. The first kappa shape index (κ1) is 14.1. The third-order valence-electron chi connectivity index (χ3n) is 3.63. The number of hydrogen-bond donors (Lipinski definition) is 2. The zero-order chi connectivity index (χ0) is 14.8. The molecular weight excluding hydrogens is 284 g/mol. The fraction of sp³-hybridized carbons (Fsp3) is 0.176. The highest BCUT2D eigenvalue weighted by Gasteiger charge is 2.16. The Morgan fingerprint density at radius 1 is 1.19 bits per heavy atom. The highest BCUT2D eigenvalue weighted by molar-refractivity contribution is 6.30. The van der Waals surface area contributed by atoms with E-state index >= 15 is 0 Å². The van der Waals surface area contributed by atoms with E-state index in [1.165, 1.54) is 0 Å². The zero-order valence-corrected chi connectivity index (χ0v) is 12.5. The van der Waals surface area contributed by atoms with Crippen molar-refractivity contribution in [1.82, 2.24) is 5.43 Å². The van der Waals surface area contributed by atoms with Crippen molar-refractivity contribution < 1.29 is 4.42 Å². The molecule has 1 atom stereocenters. The molecule has 1 heterocycles. The van der Waals surface area contributed by atoms with E-state index in [9.17, 15) is 0 Å². The van der Waals surface area contributed by atoms with E-state index in [0.29, 0.717) is 0 Å². The van der Waals surface area contributed by atoms with Crippen molar-refractivity contribution in [2.45, 2.75) is 19.4 Å². The number of nitrogens with one attached hydrogen (secondary N) is 1. The van der Waals surface area contributed by atoms with E-state index in [2.05, 4.69) is 5.43 Å². The quantitative estimate of drug-likeness (QED) is 0.562. The summed E-state index contributed by atoms with van der Waals surface area (Å²) in [5, 5.41) is 1.82. The second-order valence-electron chi connectivity index (χ2n) is 5.20. The van der Waals surface area contributed by atoms with Crippen LogP contribution in [0.15, 0.2) is 52.9 Å². The van der Waals surface area contributed by atoms with E-state index in [4.69, 9.17) is 21.9 Å². The number of para-hydroxylation sites is 1. The summed E-state index contributed by atoms with van der Waals surface area (Å²) in [6.07, 6.45) is 0.718.